The molecule has 0 unspecified atom stereocenters. The van der Waals surface area contributed by atoms with E-state index in [9.17, 15) is 24.3 Å². The van der Waals surface area contributed by atoms with Crippen molar-refractivity contribution in [3.8, 4) is 0 Å². The second-order valence-corrected chi connectivity index (χ2v) is 9.78. The number of aromatic nitrogens is 4. The van der Waals surface area contributed by atoms with E-state index in [0.29, 0.717) is 27.9 Å². The zero-order valence-corrected chi connectivity index (χ0v) is 18.1. The van der Waals surface area contributed by atoms with Gasteiger partial charge in [-0.05, 0) is 12.8 Å². The van der Waals surface area contributed by atoms with Crippen LogP contribution in [0.5, 0.6) is 0 Å². The van der Waals surface area contributed by atoms with Crippen molar-refractivity contribution >= 4 is 63.6 Å². The summed E-state index contributed by atoms with van der Waals surface area (Å²) in [5.74, 6) is -3.66. The summed E-state index contributed by atoms with van der Waals surface area (Å²) in [5.41, 5.74) is 5.29. The van der Waals surface area contributed by atoms with Crippen molar-refractivity contribution in [2.75, 3.05) is 10.8 Å². The van der Waals surface area contributed by atoms with Gasteiger partial charge in [0.25, 0.3) is 17.6 Å². The van der Waals surface area contributed by atoms with Gasteiger partial charge < -0.3 is 16.2 Å². The molecule has 0 bridgehead atoms. The summed E-state index contributed by atoms with van der Waals surface area (Å²) < 4.78 is 0. The molecule has 4 rings (SSSR count). The third kappa shape index (κ3) is 4.15. The number of nitrogen functional groups attached to an aromatic ring is 1. The molecule has 0 radical (unpaired) electrons. The van der Waals surface area contributed by atoms with Crippen LogP contribution in [0.25, 0.3) is 0 Å². The molecule has 162 valence electrons. The molecule has 0 spiro atoms. The summed E-state index contributed by atoms with van der Waals surface area (Å²) in [6.07, 6.45) is 2.45. The summed E-state index contributed by atoms with van der Waals surface area (Å²) in [5, 5.41) is 24.9. The Hall–Kier alpha value is -2.91. The highest BCUT2D eigenvalue weighted by Crippen LogP contribution is 2.42. The van der Waals surface area contributed by atoms with Crippen molar-refractivity contribution in [1.82, 2.24) is 30.6 Å². The van der Waals surface area contributed by atoms with E-state index in [1.54, 1.807) is 6.20 Å². The number of anilines is 1. The number of H-pyrrole nitrogens is 1. The van der Waals surface area contributed by atoms with E-state index >= 15 is 0 Å². The minimum absolute atomic E-state index is 0.0869. The number of aliphatic carboxylic acids is 1. The molecule has 2 aliphatic rings. The number of β-lactam (4-membered cyclic amide) rings is 1. The van der Waals surface area contributed by atoms with Gasteiger partial charge in [-0.3, -0.25) is 19.3 Å². The number of carbonyl (C=O) groups excluding carboxylic acids is 3. The molecule has 12 nitrogen and oxygen atoms in total. The van der Waals surface area contributed by atoms with E-state index in [4.69, 9.17) is 5.73 Å². The number of thioether (sulfide) groups is 2. The van der Waals surface area contributed by atoms with Crippen LogP contribution in [0.4, 0.5) is 5.13 Å². The number of allylic oxidation sites excluding steroid dienone is 1. The second-order valence-electron chi connectivity index (χ2n) is 6.46. The van der Waals surface area contributed by atoms with Gasteiger partial charge >= 0.3 is 5.97 Å². The van der Waals surface area contributed by atoms with Gasteiger partial charge in [0.2, 0.25) is 0 Å². The maximum absolute atomic E-state index is 12.6. The molecule has 5 N–H and O–H groups in total. The van der Waals surface area contributed by atoms with E-state index < -0.39 is 35.7 Å². The number of Topliss-reactive ketones (excluding diaryl/α,β-unsaturated/α-hetero) is 1. The second kappa shape index (κ2) is 8.68. The zero-order valence-electron chi connectivity index (χ0n) is 15.6. The van der Waals surface area contributed by atoms with Gasteiger partial charge in [-0.25, -0.2) is 9.78 Å². The van der Waals surface area contributed by atoms with Crippen molar-refractivity contribution in [2.45, 2.75) is 30.0 Å². The highest BCUT2D eigenvalue weighted by Gasteiger charge is 2.53. The quantitative estimate of drug-likeness (QED) is 0.134. The number of nitrogens with two attached hydrogens (primary N) is 1. The molecule has 2 amide bonds. The lowest BCUT2D eigenvalue weighted by molar-refractivity contribution is -0.155. The molecule has 4 heterocycles. The van der Waals surface area contributed by atoms with E-state index in [-0.39, 0.29) is 16.5 Å². The Bertz CT molecular complexity index is 1080. The first-order chi connectivity index (χ1) is 14.9. The Morgan fingerprint density at radius 2 is 2.19 bits per heavy atom. The highest BCUT2D eigenvalue weighted by atomic mass is 32.2. The Kier molecular flexibility index (Phi) is 5.97. The van der Waals surface area contributed by atoms with Crippen LogP contribution in [0.2, 0.25) is 0 Å². The third-order valence-corrected chi connectivity index (χ3v) is 7.53. The minimum atomic E-state index is -1.22. The third-order valence-electron chi connectivity index (χ3n) is 4.67. The topological polar surface area (TPSA) is 184 Å². The van der Waals surface area contributed by atoms with Crippen molar-refractivity contribution in [2.24, 2.45) is 0 Å². The molecule has 15 heteroatoms. The molecule has 2 aliphatic heterocycles. The van der Waals surface area contributed by atoms with E-state index in [1.165, 1.54) is 33.8 Å². The molecule has 0 saturated carbocycles. The number of rotatable bonds is 8. The SMILES string of the molecule is Nc1nc(C(=O)C(=O)N[C@@H]2C(=O)N3C(C(=O)O)=C(SCSc4cn[nH]n4)CC[C@@H]23)cs1. The van der Waals surface area contributed by atoms with Gasteiger partial charge in [0.1, 0.15) is 22.5 Å². The van der Waals surface area contributed by atoms with Gasteiger partial charge in [-0.2, -0.15) is 10.3 Å². The predicted molar refractivity (Wildman–Crippen MR) is 112 cm³/mol. The average molecular weight is 482 g/mol. The van der Waals surface area contributed by atoms with Crippen LogP contribution in [0.15, 0.2) is 27.2 Å². The smallest absolute Gasteiger partial charge is 0.353 e. The molecule has 2 atom stereocenters. The fourth-order valence-electron chi connectivity index (χ4n) is 3.31. The van der Waals surface area contributed by atoms with Crippen LogP contribution >= 0.6 is 34.9 Å². The number of nitrogens with one attached hydrogen (secondary N) is 2. The molecule has 2 aromatic rings. The van der Waals surface area contributed by atoms with Crippen molar-refractivity contribution in [3.05, 3.63) is 27.9 Å². The Balaban J connectivity index is 1.42. The summed E-state index contributed by atoms with van der Waals surface area (Å²) in [7, 11) is 0. The van der Waals surface area contributed by atoms with E-state index in [0.717, 1.165) is 11.3 Å². The number of amides is 2. The fraction of sp³-hybridized carbons (Fsp3) is 0.312. The number of thiazole rings is 1. The van der Waals surface area contributed by atoms with E-state index in [1.807, 2.05) is 0 Å². The lowest BCUT2D eigenvalue weighted by atomic mass is 9.86. The first kappa shape index (κ1) is 21.3. The zero-order chi connectivity index (χ0) is 22.1. The minimum Gasteiger partial charge on any atom is -0.477 e. The molecular weight excluding hydrogens is 466 g/mol. The van der Waals surface area contributed by atoms with Gasteiger partial charge in [0, 0.05) is 10.3 Å². The number of ketones is 1. The van der Waals surface area contributed by atoms with Crippen molar-refractivity contribution < 1.29 is 24.3 Å². The Labute approximate surface area is 187 Å². The van der Waals surface area contributed by atoms with Crippen LogP contribution in [-0.2, 0) is 14.4 Å². The van der Waals surface area contributed by atoms with Crippen LogP contribution in [0.1, 0.15) is 23.3 Å². The number of carboxylic acids is 1. The van der Waals surface area contributed by atoms with Gasteiger partial charge in [0.15, 0.2) is 5.13 Å². The van der Waals surface area contributed by atoms with Crippen LogP contribution < -0.4 is 11.1 Å². The normalized spacial score (nSPS) is 20.3. The predicted octanol–water partition coefficient (Wildman–Crippen LogP) is 0.295. The molecule has 1 fully saturated rings. The summed E-state index contributed by atoms with van der Waals surface area (Å²) in [6.45, 7) is 0. The summed E-state index contributed by atoms with van der Waals surface area (Å²) >= 11 is 3.73. The standard InChI is InChI=1S/C16H15N7O5S3/c17-16-19-6(4-29-16)12(24)13(25)20-10-7-1-2-8(11(15(27)28)23(7)14(10)26)30-5-31-9-3-18-22-21-9/h3-4,7,10H,1-2,5H2,(H2,17,19)(H,20,25)(H,27,28)(H,18,21,22)/t7-,10-/m0/s1. The molecule has 1 saturated heterocycles. The van der Waals surface area contributed by atoms with Crippen LogP contribution in [0, 0.1) is 0 Å². The van der Waals surface area contributed by atoms with Crippen molar-refractivity contribution in [1.29, 1.82) is 0 Å². The number of fused-ring (bicyclic) bond motifs is 1. The average Bonchev–Trinajstić information content (AvgIpc) is 3.42. The van der Waals surface area contributed by atoms with Gasteiger partial charge in [0.05, 0.1) is 17.3 Å². The lowest BCUT2D eigenvalue weighted by Gasteiger charge is -2.50. The van der Waals surface area contributed by atoms with Crippen molar-refractivity contribution in [3.63, 3.8) is 0 Å². The molecule has 0 aliphatic carbocycles. The van der Waals surface area contributed by atoms with Crippen LogP contribution in [0.3, 0.4) is 0 Å². The largest absolute Gasteiger partial charge is 0.477 e. The number of carbonyl (C=O) groups is 4. The molecule has 2 aromatic heterocycles. The fourth-order valence-corrected chi connectivity index (χ4v) is 5.95. The maximum atomic E-state index is 12.6. The maximum Gasteiger partial charge on any atom is 0.353 e. The number of carboxylic acid groups (broad SMARTS) is 1. The van der Waals surface area contributed by atoms with Gasteiger partial charge in [-0.1, -0.05) is 11.8 Å². The Morgan fingerprint density at radius 1 is 1.39 bits per heavy atom. The monoisotopic (exact) mass is 481 g/mol. The van der Waals surface area contributed by atoms with Crippen LogP contribution in [-0.4, -0.2) is 71.1 Å². The van der Waals surface area contributed by atoms with E-state index in [2.05, 4.69) is 25.7 Å². The number of hydrogen-bond acceptors (Lipinski definition) is 11. The first-order valence-corrected chi connectivity index (χ1v) is 11.7. The van der Waals surface area contributed by atoms with Gasteiger partial charge in [-0.15, -0.1) is 28.2 Å². The number of aromatic amines is 1. The number of hydrogen-bond donors (Lipinski definition) is 4. The summed E-state index contributed by atoms with van der Waals surface area (Å²) in [6, 6.07) is -1.48. The Morgan fingerprint density at radius 3 is 2.84 bits per heavy atom. The highest BCUT2D eigenvalue weighted by molar-refractivity contribution is 8.17. The summed E-state index contributed by atoms with van der Waals surface area (Å²) in [4.78, 5) is 54.5. The number of nitrogens with zero attached hydrogens (tertiary/aromatic N) is 4. The molecule has 31 heavy (non-hydrogen) atoms. The first-order valence-electron chi connectivity index (χ1n) is 8.84. The molecular formula is C16H15N7O5S3. The molecule has 0 aromatic carbocycles. The lowest BCUT2D eigenvalue weighted by Crippen LogP contribution is -2.72.